The maximum Gasteiger partial charge on any atom is 0.207 e. The highest BCUT2D eigenvalue weighted by Gasteiger charge is 2.31. The van der Waals surface area contributed by atoms with Gasteiger partial charge in [-0.15, -0.1) is 0 Å². The normalized spacial score (nSPS) is 21.0. The van der Waals surface area contributed by atoms with Gasteiger partial charge in [-0.05, 0) is 31.5 Å². The van der Waals surface area contributed by atoms with Crippen LogP contribution in [0.25, 0.3) is 11.0 Å². The number of hydrogen-bond donors (Lipinski definition) is 1. The number of halogens is 5. The van der Waals surface area contributed by atoms with E-state index in [4.69, 9.17) is 5.73 Å². The molecule has 4 nitrogen and oxygen atoms in total. The van der Waals surface area contributed by atoms with Crippen molar-refractivity contribution in [3.05, 3.63) is 59.2 Å². The van der Waals surface area contributed by atoms with E-state index in [1.165, 1.54) is 4.57 Å². The Kier molecular flexibility index (Phi) is 4.94. The smallest absolute Gasteiger partial charge is 0.207 e. The fourth-order valence-corrected chi connectivity index (χ4v) is 3.79. The van der Waals surface area contributed by atoms with Crippen LogP contribution in [0.2, 0.25) is 0 Å². The standard InChI is InChI=1S/C20H19F5N4/c1-10(12-6-11(21)2-3-13(12)22)29-19-8-16(25)15(24)7-18(19)27-20(29)28-5-4-14(23)17(26)9-28/h2-3,6-8,10,14,17H,4-5,9,26H2,1H3/t10-,14?,17?/m0/s1. The minimum Gasteiger partial charge on any atom is -0.340 e. The molecule has 4 rings (SSSR count). The molecule has 3 aromatic rings. The highest BCUT2D eigenvalue weighted by molar-refractivity contribution is 5.79. The predicted octanol–water partition coefficient (Wildman–Crippen LogP) is 4.08. The molecule has 0 aliphatic carbocycles. The van der Waals surface area contributed by atoms with E-state index in [0.717, 1.165) is 30.3 Å². The monoisotopic (exact) mass is 410 g/mol. The molecular formula is C20H19F5N4. The molecule has 0 amide bonds. The Bertz CT molecular complexity index is 1070. The Morgan fingerprint density at radius 1 is 1.07 bits per heavy atom. The first kappa shape index (κ1) is 19.6. The Hall–Kier alpha value is -2.68. The topological polar surface area (TPSA) is 47.1 Å². The third kappa shape index (κ3) is 3.43. The summed E-state index contributed by atoms with van der Waals surface area (Å²) in [5.41, 5.74) is 6.24. The van der Waals surface area contributed by atoms with E-state index < -0.39 is 41.5 Å². The van der Waals surface area contributed by atoms with Gasteiger partial charge in [0.2, 0.25) is 5.95 Å². The molecule has 2 unspecified atom stereocenters. The molecule has 0 bridgehead atoms. The van der Waals surface area contributed by atoms with Crippen LogP contribution in [0.3, 0.4) is 0 Å². The minimum atomic E-state index is -1.17. The van der Waals surface area contributed by atoms with Gasteiger partial charge in [0, 0.05) is 30.8 Å². The van der Waals surface area contributed by atoms with Crippen molar-refractivity contribution in [1.82, 2.24) is 9.55 Å². The number of alkyl halides is 1. The zero-order chi connectivity index (χ0) is 20.9. The van der Waals surface area contributed by atoms with E-state index in [0.29, 0.717) is 0 Å². The van der Waals surface area contributed by atoms with Crippen LogP contribution in [-0.2, 0) is 0 Å². The van der Waals surface area contributed by atoms with E-state index in [1.54, 1.807) is 11.8 Å². The van der Waals surface area contributed by atoms with E-state index in [9.17, 15) is 22.0 Å². The second kappa shape index (κ2) is 7.29. The van der Waals surface area contributed by atoms with Crippen molar-refractivity contribution in [1.29, 1.82) is 0 Å². The van der Waals surface area contributed by atoms with Gasteiger partial charge in [-0.2, -0.15) is 0 Å². The molecular weight excluding hydrogens is 391 g/mol. The number of nitrogens with two attached hydrogens (primary N) is 1. The second-order valence-electron chi connectivity index (χ2n) is 7.29. The number of imidazole rings is 1. The fourth-order valence-electron chi connectivity index (χ4n) is 3.79. The first-order valence-electron chi connectivity index (χ1n) is 9.22. The molecule has 0 spiro atoms. The van der Waals surface area contributed by atoms with Crippen LogP contribution in [0.15, 0.2) is 30.3 Å². The summed E-state index contributed by atoms with van der Waals surface area (Å²) in [7, 11) is 0. The molecule has 0 radical (unpaired) electrons. The lowest BCUT2D eigenvalue weighted by Gasteiger charge is -2.35. The minimum absolute atomic E-state index is 0.0277. The van der Waals surface area contributed by atoms with Crippen molar-refractivity contribution in [3.63, 3.8) is 0 Å². The molecule has 1 aliphatic rings. The summed E-state index contributed by atoms with van der Waals surface area (Å²) < 4.78 is 71.3. The Labute approximate surface area is 163 Å². The van der Waals surface area contributed by atoms with Gasteiger partial charge in [0.25, 0.3) is 0 Å². The van der Waals surface area contributed by atoms with E-state index >= 15 is 0 Å². The molecule has 3 atom stereocenters. The Balaban J connectivity index is 1.90. The van der Waals surface area contributed by atoms with Crippen LogP contribution in [0.4, 0.5) is 27.9 Å². The Morgan fingerprint density at radius 2 is 1.79 bits per heavy atom. The molecule has 2 aromatic carbocycles. The average Bonchev–Trinajstić information content (AvgIpc) is 3.04. The number of rotatable bonds is 3. The van der Waals surface area contributed by atoms with Gasteiger partial charge in [-0.25, -0.2) is 26.9 Å². The molecule has 9 heteroatoms. The zero-order valence-electron chi connectivity index (χ0n) is 15.5. The average molecular weight is 410 g/mol. The molecule has 29 heavy (non-hydrogen) atoms. The first-order valence-corrected chi connectivity index (χ1v) is 9.22. The van der Waals surface area contributed by atoms with Crippen molar-refractivity contribution in [2.75, 3.05) is 18.0 Å². The fraction of sp³-hybridized carbons (Fsp3) is 0.350. The molecule has 0 saturated carbocycles. The van der Waals surface area contributed by atoms with Crippen LogP contribution < -0.4 is 10.6 Å². The van der Waals surface area contributed by atoms with Crippen molar-refractivity contribution in [3.8, 4) is 0 Å². The molecule has 1 saturated heterocycles. The number of hydrogen-bond acceptors (Lipinski definition) is 3. The summed E-state index contributed by atoms with van der Waals surface area (Å²) in [6.07, 6.45) is -1.01. The molecule has 1 fully saturated rings. The van der Waals surface area contributed by atoms with E-state index in [2.05, 4.69) is 4.98 Å². The summed E-state index contributed by atoms with van der Waals surface area (Å²) in [5, 5.41) is 0. The van der Waals surface area contributed by atoms with Crippen molar-refractivity contribution in [2.24, 2.45) is 5.73 Å². The van der Waals surface area contributed by atoms with Crippen LogP contribution in [0.5, 0.6) is 0 Å². The summed E-state index contributed by atoms with van der Waals surface area (Å²) in [4.78, 5) is 6.08. The summed E-state index contributed by atoms with van der Waals surface area (Å²) in [6, 6.07) is 3.41. The highest BCUT2D eigenvalue weighted by atomic mass is 19.2. The van der Waals surface area contributed by atoms with Gasteiger partial charge in [-0.1, -0.05) is 0 Å². The number of benzene rings is 2. The van der Waals surface area contributed by atoms with Gasteiger partial charge in [-0.3, -0.25) is 0 Å². The van der Waals surface area contributed by atoms with Crippen molar-refractivity contribution < 1.29 is 22.0 Å². The molecule has 2 heterocycles. The SMILES string of the molecule is C[C@@H](c1cc(F)ccc1F)n1c(N2CCC(F)C(N)C2)nc2cc(F)c(F)cc21. The number of nitrogens with zero attached hydrogens (tertiary/aromatic N) is 3. The summed E-state index contributed by atoms with van der Waals surface area (Å²) in [5.74, 6) is -3.16. The maximum absolute atomic E-state index is 14.4. The summed E-state index contributed by atoms with van der Waals surface area (Å²) in [6.45, 7) is 2.01. The van der Waals surface area contributed by atoms with Gasteiger partial charge in [0.05, 0.1) is 23.1 Å². The second-order valence-corrected chi connectivity index (χ2v) is 7.29. The number of aromatic nitrogens is 2. The quantitative estimate of drug-likeness (QED) is 0.662. The number of fused-ring (bicyclic) bond motifs is 1. The lowest BCUT2D eigenvalue weighted by atomic mass is 10.0. The lowest BCUT2D eigenvalue weighted by molar-refractivity contribution is 0.243. The zero-order valence-corrected chi connectivity index (χ0v) is 15.5. The van der Waals surface area contributed by atoms with Crippen LogP contribution in [-0.4, -0.2) is 34.9 Å². The molecule has 2 N–H and O–H groups in total. The van der Waals surface area contributed by atoms with E-state index in [-0.39, 0.29) is 42.1 Å². The van der Waals surface area contributed by atoms with Crippen molar-refractivity contribution in [2.45, 2.75) is 31.6 Å². The molecule has 1 aliphatic heterocycles. The maximum atomic E-state index is 14.4. The third-order valence-corrected chi connectivity index (χ3v) is 5.36. The van der Waals surface area contributed by atoms with Gasteiger partial charge in [0.1, 0.15) is 17.8 Å². The van der Waals surface area contributed by atoms with Gasteiger partial charge < -0.3 is 15.2 Å². The van der Waals surface area contributed by atoms with Gasteiger partial charge >= 0.3 is 0 Å². The van der Waals surface area contributed by atoms with Crippen LogP contribution in [0.1, 0.15) is 24.9 Å². The predicted molar refractivity (Wildman–Crippen MR) is 99.5 cm³/mol. The highest BCUT2D eigenvalue weighted by Crippen LogP contribution is 2.34. The third-order valence-electron chi connectivity index (χ3n) is 5.36. The van der Waals surface area contributed by atoms with Crippen LogP contribution in [0, 0.1) is 23.3 Å². The molecule has 154 valence electrons. The van der Waals surface area contributed by atoms with Gasteiger partial charge in [0.15, 0.2) is 11.6 Å². The summed E-state index contributed by atoms with van der Waals surface area (Å²) >= 11 is 0. The number of anilines is 1. The lowest BCUT2D eigenvalue weighted by Crippen LogP contribution is -2.50. The van der Waals surface area contributed by atoms with Crippen molar-refractivity contribution >= 4 is 17.0 Å². The number of piperidine rings is 1. The van der Waals surface area contributed by atoms with Crippen LogP contribution >= 0.6 is 0 Å². The first-order chi connectivity index (χ1) is 13.8. The Morgan fingerprint density at radius 3 is 2.52 bits per heavy atom. The largest absolute Gasteiger partial charge is 0.340 e. The van der Waals surface area contributed by atoms with E-state index in [1.807, 2.05) is 0 Å². The molecule has 1 aromatic heterocycles.